The molecule has 2 fully saturated rings. The van der Waals surface area contributed by atoms with Crippen LogP contribution in [0.1, 0.15) is 26.0 Å². The predicted octanol–water partition coefficient (Wildman–Crippen LogP) is -3.32. The van der Waals surface area contributed by atoms with Crippen molar-refractivity contribution in [2.75, 3.05) is 18.8 Å². The summed E-state index contributed by atoms with van der Waals surface area (Å²) in [6, 6.07) is -3.85. The van der Waals surface area contributed by atoms with Crippen molar-refractivity contribution in [2.45, 2.75) is 44.0 Å². The lowest BCUT2D eigenvalue weighted by Crippen LogP contribution is -2.74. The fourth-order valence-corrected chi connectivity index (χ4v) is 5.00. The molecule has 1 aromatic heterocycles. The number of anilines is 1. The number of guanidine groups is 1. The molecule has 20 heteroatoms. The van der Waals surface area contributed by atoms with Crippen LogP contribution in [0.25, 0.3) is 0 Å². The van der Waals surface area contributed by atoms with E-state index in [9.17, 15) is 37.3 Å². The van der Waals surface area contributed by atoms with Crippen LogP contribution in [0.15, 0.2) is 15.5 Å². The second-order valence-corrected chi connectivity index (χ2v) is 10.9. The first-order valence-electron chi connectivity index (χ1n) is 10.7. The van der Waals surface area contributed by atoms with E-state index in [0.717, 1.165) is 11.3 Å². The van der Waals surface area contributed by atoms with E-state index in [1.54, 1.807) is 0 Å². The summed E-state index contributed by atoms with van der Waals surface area (Å²) >= 11 is 0.933. The number of amides is 3. The molecule has 3 rings (SSSR count). The Morgan fingerprint density at radius 2 is 1.97 bits per heavy atom. The van der Waals surface area contributed by atoms with Gasteiger partial charge in [-0.05, 0) is 20.3 Å². The maximum absolute atomic E-state index is 13.1. The molecule has 0 saturated carbocycles. The first-order chi connectivity index (χ1) is 17.5. The number of oxime groups is 1. The van der Waals surface area contributed by atoms with Gasteiger partial charge >= 0.3 is 16.3 Å². The summed E-state index contributed by atoms with van der Waals surface area (Å²) in [6.07, 6.45) is 0.207. The van der Waals surface area contributed by atoms with Gasteiger partial charge in [-0.3, -0.25) is 18.9 Å². The summed E-state index contributed by atoms with van der Waals surface area (Å²) < 4.78 is 33.3. The van der Waals surface area contributed by atoms with Gasteiger partial charge in [0.2, 0.25) is 11.5 Å². The second-order valence-electron chi connectivity index (χ2n) is 8.69. The van der Waals surface area contributed by atoms with Crippen LogP contribution in [0.5, 0.6) is 0 Å². The highest BCUT2D eigenvalue weighted by atomic mass is 32.2. The normalized spacial score (nSPS) is 22.2. The molecule has 3 amide bonds. The van der Waals surface area contributed by atoms with Gasteiger partial charge in [-0.1, -0.05) is 5.16 Å². The summed E-state index contributed by atoms with van der Waals surface area (Å²) in [5.74, 6) is -4.56. The van der Waals surface area contributed by atoms with E-state index in [0.29, 0.717) is 0 Å². The number of nitrogens with two attached hydrogens (primary N) is 3. The van der Waals surface area contributed by atoms with E-state index in [4.69, 9.17) is 22.0 Å². The van der Waals surface area contributed by atoms with Crippen LogP contribution in [-0.2, 0) is 34.3 Å². The Labute approximate surface area is 219 Å². The van der Waals surface area contributed by atoms with E-state index < -0.39 is 70.0 Å². The zero-order chi connectivity index (χ0) is 28.6. The van der Waals surface area contributed by atoms with Crippen molar-refractivity contribution in [3.63, 3.8) is 0 Å². The van der Waals surface area contributed by atoms with Crippen LogP contribution in [0.4, 0.5) is 5.13 Å². The minimum atomic E-state index is -5.05. The Morgan fingerprint density at radius 1 is 1.32 bits per heavy atom. The van der Waals surface area contributed by atoms with Crippen LogP contribution in [0.3, 0.4) is 0 Å². The average molecular weight is 576 g/mol. The van der Waals surface area contributed by atoms with Gasteiger partial charge < -0.3 is 37.4 Å². The topological polar surface area (TPSA) is 286 Å². The van der Waals surface area contributed by atoms with Crippen LogP contribution in [0.2, 0.25) is 0 Å². The van der Waals surface area contributed by atoms with Crippen LogP contribution in [0, 0.1) is 0 Å². The number of rotatable bonds is 10. The number of aromatic nitrogens is 1. The number of nitrogens with one attached hydrogen (secondary N) is 1. The number of likely N-dealkylation sites (tertiary alicyclic amines) is 1. The maximum atomic E-state index is 13.1. The van der Waals surface area contributed by atoms with Crippen LogP contribution >= 0.6 is 11.3 Å². The van der Waals surface area contributed by atoms with Gasteiger partial charge in [0.1, 0.15) is 17.8 Å². The molecule has 2 saturated heterocycles. The highest BCUT2D eigenvalue weighted by molar-refractivity contribution is 7.84. The van der Waals surface area contributed by atoms with Crippen LogP contribution < -0.4 is 22.5 Å². The molecule has 0 radical (unpaired) electrons. The first-order valence-corrected chi connectivity index (χ1v) is 13.0. The molecule has 0 aliphatic carbocycles. The Kier molecular flexibility index (Phi) is 7.79. The first kappa shape index (κ1) is 28.5. The van der Waals surface area contributed by atoms with Gasteiger partial charge in [-0.2, -0.15) is 8.42 Å². The molecule has 3 atom stereocenters. The Morgan fingerprint density at radius 3 is 2.50 bits per heavy atom. The Bertz CT molecular complexity index is 1320. The summed E-state index contributed by atoms with van der Waals surface area (Å²) in [5, 5.41) is 16.5. The summed E-state index contributed by atoms with van der Waals surface area (Å²) in [4.78, 5) is 63.6. The fourth-order valence-electron chi connectivity index (χ4n) is 3.58. The second kappa shape index (κ2) is 10.4. The number of aliphatic imine (C=N–C) groups is 1. The minimum Gasteiger partial charge on any atom is -0.478 e. The standard InChI is InChI=1S/C18H25N9O9S2/c1-18(2,15(31)32)36-25-10(8-6-37-17(21)23-8)12(28)24-11-9(27(14(11)30)38(33,34)35)5-26-4-3-7(13(26)29)22-16(19)20/h6-7,9,11H,3-5H2,1-2H3,(H2,21,23)(H,24,28)(H,31,32)(H4,19,20,22)(H,33,34,35). The molecule has 1 aromatic rings. The lowest BCUT2D eigenvalue weighted by molar-refractivity contribution is -0.161. The third-order valence-electron chi connectivity index (χ3n) is 5.55. The van der Waals surface area contributed by atoms with E-state index >= 15 is 0 Å². The molecule has 18 nitrogen and oxygen atoms in total. The van der Waals surface area contributed by atoms with Crippen molar-refractivity contribution in [1.82, 2.24) is 19.5 Å². The molecule has 0 bridgehead atoms. The number of thiazole rings is 1. The monoisotopic (exact) mass is 575 g/mol. The number of nitrogens with zero attached hydrogens (tertiary/aromatic N) is 5. The quantitative estimate of drug-likeness (QED) is 0.0524. The van der Waals surface area contributed by atoms with Gasteiger partial charge in [0.15, 0.2) is 16.8 Å². The molecule has 2 aliphatic rings. The van der Waals surface area contributed by atoms with Crippen molar-refractivity contribution in [3.05, 3.63) is 11.1 Å². The van der Waals surface area contributed by atoms with Crippen molar-refractivity contribution >= 4 is 62.1 Å². The number of carboxylic acid groups (broad SMARTS) is 1. The Hall–Kier alpha value is -4.04. The van der Waals surface area contributed by atoms with Gasteiger partial charge in [-0.25, -0.2) is 19.1 Å². The highest BCUT2D eigenvalue weighted by Crippen LogP contribution is 2.27. The van der Waals surface area contributed by atoms with Gasteiger partial charge in [0.25, 0.3) is 11.8 Å². The van der Waals surface area contributed by atoms with E-state index in [1.807, 2.05) is 0 Å². The Balaban J connectivity index is 1.86. The number of aliphatic carboxylic acids is 1. The molecular weight excluding hydrogens is 550 g/mol. The number of carboxylic acids is 1. The van der Waals surface area contributed by atoms with Crippen molar-refractivity contribution in [2.24, 2.45) is 21.6 Å². The van der Waals surface area contributed by atoms with Gasteiger partial charge in [0.05, 0.1) is 6.04 Å². The molecule has 0 spiro atoms. The molecule has 3 unspecified atom stereocenters. The number of carbonyl (C=O) groups excluding carboxylic acids is 3. The SMILES string of the molecule is CC(C)(ON=C(C(=O)NC1C(=O)N(S(=O)(=O)O)C1CN1CCC(N=C(N)N)C1=O)c1csc(N)n1)C(=O)O. The predicted molar refractivity (Wildman–Crippen MR) is 131 cm³/mol. The summed E-state index contributed by atoms with van der Waals surface area (Å²) in [7, 11) is -5.05. The molecule has 2 aliphatic heterocycles. The zero-order valence-corrected chi connectivity index (χ0v) is 21.6. The molecule has 3 heterocycles. The van der Waals surface area contributed by atoms with Gasteiger partial charge in [0, 0.05) is 18.5 Å². The van der Waals surface area contributed by atoms with E-state index in [2.05, 4.69) is 20.4 Å². The maximum Gasteiger partial charge on any atom is 0.362 e. The molecular formula is C18H25N9O9S2. The highest BCUT2D eigenvalue weighted by Gasteiger charge is 2.55. The molecule has 0 aromatic carbocycles. The number of carbonyl (C=O) groups is 4. The van der Waals surface area contributed by atoms with Crippen molar-refractivity contribution in [3.8, 4) is 0 Å². The van der Waals surface area contributed by atoms with Crippen molar-refractivity contribution in [1.29, 1.82) is 0 Å². The minimum absolute atomic E-state index is 0.0380. The summed E-state index contributed by atoms with van der Waals surface area (Å²) in [6.45, 7) is 2.04. The zero-order valence-electron chi connectivity index (χ0n) is 20.0. The largest absolute Gasteiger partial charge is 0.478 e. The lowest BCUT2D eigenvalue weighted by atomic mass is 9.97. The fraction of sp³-hybridized carbons (Fsp3) is 0.500. The van der Waals surface area contributed by atoms with Crippen molar-refractivity contribution < 1.29 is 42.1 Å². The molecule has 9 N–H and O–H groups in total. The number of nitrogen functional groups attached to an aromatic ring is 1. The lowest BCUT2D eigenvalue weighted by Gasteiger charge is -2.45. The number of hydrogen-bond acceptors (Lipinski definition) is 12. The van der Waals surface area contributed by atoms with E-state index in [-0.39, 0.29) is 34.1 Å². The molecule has 208 valence electrons. The number of β-lactam (4-membered cyclic amide) rings is 1. The van der Waals surface area contributed by atoms with E-state index in [1.165, 1.54) is 24.1 Å². The average Bonchev–Trinajstić information content (AvgIpc) is 3.36. The smallest absolute Gasteiger partial charge is 0.362 e. The number of hydrogen-bond donors (Lipinski definition) is 6. The van der Waals surface area contributed by atoms with Crippen LogP contribution in [-0.4, -0.2) is 104 Å². The molecule has 38 heavy (non-hydrogen) atoms. The summed E-state index contributed by atoms with van der Waals surface area (Å²) in [5.41, 5.74) is 13.7. The third-order valence-corrected chi connectivity index (χ3v) is 7.17. The van der Waals surface area contributed by atoms with Gasteiger partial charge in [-0.15, -0.1) is 11.3 Å². The third kappa shape index (κ3) is 5.92.